The molecule has 2 atom stereocenters. The number of anilines is 1. The van der Waals surface area contributed by atoms with Gasteiger partial charge in [0.2, 0.25) is 5.43 Å². The van der Waals surface area contributed by atoms with E-state index < -0.39 is 17.2 Å². The molecule has 0 saturated carbocycles. The van der Waals surface area contributed by atoms with Crippen LogP contribution in [0.15, 0.2) is 28.6 Å². The van der Waals surface area contributed by atoms with Crippen LogP contribution >= 0.6 is 11.3 Å². The Bertz CT molecular complexity index is 1180. The molecule has 0 aliphatic carbocycles. The number of carbonyl (C=O) groups is 1. The van der Waals surface area contributed by atoms with Crippen LogP contribution < -0.4 is 15.6 Å². The summed E-state index contributed by atoms with van der Waals surface area (Å²) < 4.78 is 27.5. The fourth-order valence-electron chi connectivity index (χ4n) is 4.04. The Hall–Kier alpha value is -2.89. The van der Waals surface area contributed by atoms with Crippen LogP contribution in [0.25, 0.3) is 16.2 Å². The Morgan fingerprint density at radius 3 is 3.06 bits per heavy atom. The van der Waals surface area contributed by atoms with Crippen molar-refractivity contribution in [2.75, 3.05) is 37.7 Å². The van der Waals surface area contributed by atoms with Crippen LogP contribution in [0.4, 0.5) is 10.2 Å². The number of ether oxygens (including phenoxy) is 2. The zero-order valence-corrected chi connectivity index (χ0v) is 17.5. The van der Waals surface area contributed by atoms with Crippen molar-refractivity contribution < 1.29 is 18.7 Å². The molecule has 3 aromatic heterocycles. The van der Waals surface area contributed by atoms with Crippen molar-refractivity contribution in [2.45, 2.75) is 19.1 Å². The van der Waals surface area contributed by atoms with Gasteiger partial charge in [0.15, 0.2) is 22.4 Å². The van der Waals surface area contributed by atoms with Gasteiger partial charge in [-0.2, -0.15) is 0 Å². The third-order valence-corrected chi connectivity index (χ3v) is 6.21. The Morgan fingerprint density at radius 2 is 2.32 bits per heavy atom. The van der Waals surface area contributed by atoms with Gasteiger partial charge in [-0.1, -0.05) is 0 Å². The zero-order valence-electron chi connectivity index (χ0n) is 16.7. The molecule has 2 aliphatic heterocycles. The van der Waals surface area contributed by atoms with Gasteiger partial charge in [-0.25, -0.2) is 19.2 Å². The summed E-state index contributed by atoms with van der Waals surface area (Å²) in [7, 11) is 0. The summed E-state index contributed by atoms with van der Waals surface area (Å²) >= 11 is 1.31. The molecule has 0 amide bonds. The molecule has 3 aromatic rings. The van der Waals surface area contributed by atoms with Gasteiger partial charge in [-0.05, 0) is 13.0 Å². The van der Waals surface area contributed by atoms with Gasteiger partial charge in [-0.3, -0.25) is 9.36 Å². The highest BCUT2D eigenvalue weighted by Gasteiger charge is 2.37. The monoisotopic (exact) mass is 445 g/mol. The average Bonchev–Trinajstić information content (AvgIpc) is 3.44. The highest BCUT2D eigenvalue weighted by Crippen LogP contribution is 2.28. The number of esters is 1. The Labute approximate surface area is 180 Å². The van der Waals surface area contributed by atoms with Crippen molar-refractivity contribution in [2.24, 2.45) is 0 Å². The molecule has 0 spiro atoms. The number of hydrogen-bond donors (Lipinski definition) is 1. The number of halogens is 1. The molecular weight excluding hydrogens is 425 g/mol. The second-order valence-electron chi connectivity index (χ2n) is 7.32. The quantitative estimate of drug-likeness (QED) is 0.601. The lowest BCUT2D eigenvalue weighted by Crippen LogP contribution is -2.47. The van der Waals surface area contributed by atoms with Gasteiger partial charge in [-0.15, -0.1) is 11.3 Å². The largest absolute Gasteiger partial charge is 0.462 e. The molecule has 0 unspecified atom stereocenters. The Balaban J connectivity index is 1.67. The topological polar surface area (TPSA) is 98.6 Å². The summed E-state index contributed by atoms with van der Waals surface area (Å²) in [6.45, 7) is 4.17. The predicted molar refractivity (Wildman–Crippen MR) is 113 cm³/mol. The first-order chi connectivity index (χ1) is 15.1. The van der Waals surface area contributed by atoms with Crippen LogP contribution in [0.1, 0.15) is 17.3 Å². The number of pyridine rings is 2. The molecule has 5 rings (SSSR count). The average molecular weight is 445 g/mol. The molecular formula is C20H20FN5O4S. The molecule has 1 N–H and O–H groups in total. The molecule has 2 saturated heterocycles. The normalized spacial score (nSPS) is 20.8. The third kappa shape index (κ3) is 3.48. The van der Waals surface area contributed by atoms with Crippen LogP contribution in [0.3, 0.4) is 0 Å². The summed E-state index contributed by atoms with van der Waals surface area (Å²) in [4.78, 5) is 35.9. The van der Waals surface area contributed by atoms with E-state index in [0.29, 0.717) is 24.8 Å². The van der Waals surface area contributed by atoms with Crippen LogP contribution in [0.5, 0.6) is 0 Å². The van der Waals surface area contributed by atoms with Gasteiger partial charge >= 0.3 is 5.97 Å². The first kappa shape index (κ1) is 20.0. The number of carbonyl (C=O) groups excluding carboxylic acids is 1. The summed E-state index contributed by atoms with van der Waals surface area (Å²) in [5, 5.41) is 5.64. The van der Waals surface area contributed by atoms with Crippen molar-refractivity contribution >= 4 is 34.2 Å². The lowest BCUT2D eigenvalue weighted by molar-refractivity contribution is 0.0212. The Kier molecular flexibility index (Phi) is 5.16. The number of morpholine rings is 1. The minimum Gasteiger partial charge on any atom is -0.462 e. The van der Waals surface area contributed by atoms with E-state index in [4.69, 9.17) is 9.47 Å². The molecule has 31 heavy (non-hydrogen) atoms. The third-order valence-electron chi connectivity index (χ3n) is 5.44. The number of fused-ring (bicyclic) bond motifs is 2. The smallest absolute Gasteiger partial charge is 0.343 e. The SMILES string of the molecule is CCOC(=O)c1cn(-c2nccs2)c2nc(N3C[C@@H]4NCCO[C@H]4C3)c(F)cc2c1=O. The number of hydrogen-bond acceptors (Lipinski definition) is 9. The molecule has 11 heteroatoms. The summed E-state index contributed by atoms with van der Waals surface area (Å²) in [5.74, 6) is -1.26. The maximum atomic E-state index is 15.1. The summed E-state index contributed by atoms with van der Waals surface area (Å²) in [5.41, 5.74) is -0.587. The van der Waals surface area contributed by atoms with Gasteiger partial charge < -0.3 is 19.7 Å². The van der Waals surface area contributed by atoms with E-state index in [1.54, 1.807) is 18.5 Å². The van der Waals surface area contributed by atoms with E-state index in [2.05, 4.69) is 15.3 Å². The standard InChI is InChI=1S/C20H20FN5O4S/c1-2-29-19(28)12-8-26(20-23-4-6-31-20)17-11(16(12)27)7-13(21)18(24-17)25-9-14-15(10-25)30-5-3-22-14/h4,6-8,14-15,22H,2-3,5,9-10H2,1H3/t14-,15-/m0/s1. The number of rotatable bonds is 4. The highest BCUT2D eigenvalue weighted by molar-refractivity contribution is 7.12. The van der Waals surface area contributed by atoms with E-state index in [-0.39, 0.29) is 41.2 Å². The maximum absolute atomic E-state index is 15.1. The number of nitrogens with zero attached hydrogens (tertiary/aromatic N) is 4. The van der Waals surface area contributed by atoms with Crippen LogP contribution in [0, 0.1) is 5.82 Å². The van der Waals surface area contributed by atoms with Crippen LogP contribution in [-0.2, 0) is 9.47 Å². The molecule has 9 nitrogen and oxygen atoms in total. The fourth-order valence-corrected chi connectivity index (χ4v) is 4.66. The summed E-state index contributed by atoms with van der Waals surface area (Å²) in [6.07, 6.45) is 2.93. The van der Waals surface area contributed by atoms with Crippen LogP contribution in [-0.4, -0.2) is 65.5 Å². The van der Waals surface area contributed by atoms with Gasteiger partial charge in [0.1, 0.15) is 5.56 Å². The van der Waals surface area contributed by atoms with Gasteiger partial charge in [0.25, 0.3) is 0 Å². The van der Waals surface area contributed by atoms with Crippen LogP contribution in [0.2, 0.25) is 0 Å². The first-order valence-electron chi connectivity index (χ1n) is 9.99. The molecule has 5 heterocycles. The van der Waals surface area contributed by atoms with Crippen molar-refractivity contribution in [1.29, 1.82) is 0 Å². The van der Waals surface area contributed by atoms with Gasteiger partial charge in [0, 0.05) is 37.4 Å². The van der Waals surface area contributed by atoms with E-state index >= 15 is 4.39 Å². The van der Waals surface area contributed by atoms with E-state index in [0.717, 1.165) is 12.6 Å². The van der Waals surface area contributed by atoms with Crippen molar-refractivity contribution in [3.63, 3.8) is 0 Å². The number of thiazole rings is 1. The molecule has 0 bridgehead atoms. The van der Waals surface area contributed by atoms with E-state index in [9.17, 15) is 9.59 Å². The van der Waals surface area contributed by atoms with Gasteiger partial charge in [0.05, 0.1) is 30.7 Å². The Morgan fingerprint density at radius 1 is 1.45 bits per heavy atom. The lowest BCUT2D eigenvalue weighted by Gasteiger charge is -2.25. The molecule has 2 aliphatic rings. The predicted octanol–water partition coefficient (Wildman–Crippen LogP) is 1.33. The second kappa shape index (κ2) is 7.98. The molecule has 0 radical (unpaired) electrons. The second-order valence-corrected chi connectivity index (χ2v) is 8.19. The minimum absolute atomic E-state index is 0.00649. The molecule has 0 aromatic carbocycles. The van der Waals surface area contributed by atoms with E-state index in [1.807, 2.05) is 4.90 Å². The minimum atomic E-state index is -0.768. The zero-order chi connectivity index (χ0) is 21.5. The highest BCUT2D eigenvalue weighted by atomic mass is 32.1. The summed E-state index contributed by atoms with van der Waals surface area (Å²) in [6, 6.07) is 1.24. The number of aromatic nitrogens is 3. The fraction of sp³-hybridized carbons (Fsp3) is 0.400. The van der Waals surface area contributed by atoms with Crippen molar-refractivity contribution in [3.8, 4) is 5.13 Å². The molecule has 162 valence electrons. The van der Waals surface area contributed by atoms with Crippen molar-refractivity contribution in [1.82, 2.24) is 19.9 Å². The maximum Gasteiger partial charge on any atom is 0.343 e. The van der Waals surface area contributed by atoms with Crippen molar-refractivity contribution in [3.05, 3.63) is 45.4 Å². The first-order valence-corrected chi connectivity index (χ1v) is 10.9. The van der Waals surface area contributed by atoms with E-state index in [1.165, 1.54) is 22.1 Å². The molecule has 2 fully saturated rings. The lowest BCUT2D eigenvalue weighted by atomic mass is 10.2. The number of nitrogens with one attached hydrogen (secondary N) is 1.